The molecule has 8 nitrogen and oxygen atoms in total. The summed E-state index contributed by atoms with van der Waals surface area (Å²) in [5.74, 6) is -0.819. The fourth-order valence-corrected chi connectivity index (χ4v) is 6.65. The van der Waals surface area contributed by atoms with E-state index < -0.39 is 23.6 Å². The Morgan fingerprint density at radius 1 is 1.00 bits per heavy atom. The average Bonchev–Trinajstić information content (AvgIpc) is 3.45. The molecule has 46 heavy (non-hydrogen) atoms. The summed E-state index contributed by atoms with van der Waals surface area (Å²) in [6.07, 6.45) is -0.753. The van der Waals surface area contributed by atoms with Gasteiger partial charge in [-0.3, -0.25) is 4.79 Å². The third-order valence-corrected chi connectivity index (χ3v) is 8.92. The molecule has 2 aliphatic rings. The number of alkyl halides is 3. The molecule has 0 radical (unpaired) electrons. The van der Waals surface area contributed by atoms with Crippen LogP contribution in [0.4, 0.5) is 18.9 Å². The Hall–Kier alpha value is -4.51. The maximum absolute atomic E-state index is 14.5. The Bertz CT molecular complexity index is 1760. The van der Waals surface area contributed by atoms with Crippen LogP contribution in [0, 0.1) is 0 Å². The second-order valence-electron chi connectivity index (χ2n) is 11.7. The number of carboxylic acids is 1. The van der Waals surface area contributed by atoms with Crippen LogP contribution in [0.3, 0.4) is 0 Å². The normalized spacial score (nSPS) is 15.2. The topological polar surface area (TPSA) is 95.1 Å². The lowest BCUT2D eigenvalue weighted by Gasteiger charge is -2.31. The van der Waals surface area contributed by atoms with Gasteiger partial charge in [0.05, 0.1) is 31.4 Å². The number of hydrogen-bond acceptors (Lipinski definition) is 5. The second-order valence-corrected chi connectivity index (χ2v) is 11.7. The number of carbonyl (C=O) groups excluding carboxylic acids is 1. The number of fused-ring (bicyclic) bond motifs is 2. The number of aryl methyl sites for hydroxylation is 2. The quantitative estimate of drug-likeness (QED) is 0.196. The number of nitrogens with one attached hydrogen (secondary N) is 1. The standard InChI is InChI=1S/C35H36F3N3O5/c1-45-24-11-13-30-22(20-24)6-5-15-40(30)14-3-2-7-28-27-9-4-8-26(31(27)39-32(28)34(43)44)25-12-10-23(21-29(25)35(36,37)38)33(42)41-16-18-46-19-17-41/h4,8-13,20-21,39H,2-3,5-7,14-19H2,1H3,(H,43,44). The van der Waals surface area contributed by atoms with Gasteiger partial charge in [-0.05, 0) is 79.1 Å². The first-order valence-corrected chi connectivity index (χ1v) is 15.5. The molecule has 1 aromatic heterocycles. The van der Waals surface area contributed by atoms with Crippen LogP contribution < -0.4 is 9.64 Å². The van der Waals surface area contributed by atoms with E-state index in [4.69, 9.17) is 9.47 Å². The van der Waals surface area contributed by atoms with Crippen LogP contribution >= 0.6 is 0 Å². The fraction of sp³-hybridized carbons (Fsp3) is 0.371. The Morgan fingerprint density at radius 2 is 1.80 bits per heavy atom. The SMILES string of the molecule is COc1ccc2c(c1)CCCN2CCCCc1c(C(=O)O)[nH]c2c(-c3ccc(C(=O)N4CCOCC4)cc3C(F)(F)F)cccc12. The molecule has 4 aromatic rings. The van der Waals surface area contributed by atoms with E-state index in [1.165, 1.54) is 28.3 Å². The Morgan fingerprint density at radius 3 is 2.54 bits per heavy atom. The van der Waals surface area contributed by atoms with Crippen molar-refractivity contribution in [3.8, 4) is 16.9 Å². The first-order valence-electron chi connectivity index (χ1n) is 15.5. The zero-order chi connectivity index (χ0) is 32.4. The minimum Gasteiger partial charge on any atom is -0.497 e. The molecule has 2 N–H and O–H groups in total. The molecule has 0 unspecified atom stereocenters. The minimum atomic E-state index is -4.75. The van der Waals surface area contributed by atoms with Crippen molar-refractivity contribution in [3.63, 3.8) is 0 Å². The van der Waals surface area contributed by atoms with Crippen LogP contribution in [0.1, 0.15) is 56.8 Å². The molecule has 0 aliphatic carbocycles. The van der Waals surface area contributed by atoms with Gasteiger partial charge >= 0.3 is 12.1 Å². The maximum Gasteiger partial charge on any atom is 0.417 e. The van der Waals surface area contributed by atoms with Gasteiger partial charge in [-0.15, -0.1) is 0 Å². The highest BCUT2D eigenvalue weighted by Gasteiger charge is 2.36. The summed E-state index contributed by atoms with van der Waals surface area (Å²) < 4.78 is 54.0. The number of carboxylic acid groups (broad SMARTS) is 1. The van der Waals surface area contributed by atoms with Crippen LogP contribution in [-0.4, -0.2) is 73.4 Å². The number of nitrogens with zero attached hydrogens (tertiary/aromatic N) is 2. The highest BCUT2D eigenvalue weighted by atomic mass is 19.4. The number of benzene rings is 3. The van der Waals surface area contributed by atoms with Crippen molar-refractivity contribution in [2.45, 2.75) is 38.3 Å². The number of amides is 1. The van der Waals surface area contributed by atoms with Crippen molar-refractivity contribution in [2.24, 2.45) is 0 Å². The van der Waals surface area contributed by atoms with E-state index in [0.717, 1.165) is 44.2 Å². The third kappa shape index (κ3) is 6.28. The van der Waals surface area contributed by atoms with Crippen LogP contribution in [0.15, 0.2) is 54.6 Å². The van der Waals surface area contributed by atoms with Crippen LogP contribution in [0.2, 0.25) is 0 Å². The Balaban J connectivity index is 1.26. The largest absolute Gasteiger partial charge is 0.497 e. The van der Waals surface area contributed by atoms with E-state index in [0.29, 0.717) is 55.6 Å². The molecular formula is C35H36F3N3O5. The number of hydrogen-bond donors (Lipinski definition) is 2. The lowest BCUT2D eigenvalue weighted by molar-refractivity contribution is -0.137. The van der Waals surface area contributed by atoms with Crippen molar-refractivity contribution in [1.29, 1.82) is 0 Å². The summed E-state index contributed by atoms with van der Waals surface area (Å²) >= 11 is 0. The molecule has 1 saturated heterocycles. The van der Waals surface area contributed by atoms with Gasteiger partial charge in [0.2, 0.25) is 0 Å². The van der Waals surface area contributed by atoms with E-state index >= 15 is 0 Å². The molecular weight excluding hydrogens is 599 g/mol. The summed E-state index contributed by atoms with van der Waals surface area (Å²) in [6, 6.07) is 14.6. The van der Waals surface area contributed by atoms with Crippen LogP contribution in [0.5, 0.6) is 5.75 Å². The summed E-state index contributed by atoms with van der Waals surface area (Å²) in [4.78, 5) is 32.1. The van der Waals surface area contributed by atoms with Gasteiger partial charge in [-0.25, -0.2) is 4.79 Å². The number of unbranched alkanes of at least 4 members (excludes halogenated alkanes) is 1. The predicted molar refractivity (Wildman–Crippen MR) is 169 cm³/mol. The summed E-state index contributed by atoms with van der Waals surface area (Å²) in [7, 11) is 1.65. The van der Waals surface area contributed by atoms with Crippen LogP contribution in [-0.2, 0) is 23.8 Å². The van der Waals surface area contributed by atoms with Crippen molar-refractivity contribution in [3.05, 3.63) is 82.5 Å². The summed E-state index contributed by atoms with van der Waals surface area (Å²) in [6.45, 7) is 3.03. The van der Waals surface area contributed by atoms with Crippen molar-refractivity contribution < 1.29 is 37.3 Å². The first-order chi connectivity index (χ1) is 22.2. The van der Waals surface area contributed by atoms with E-state index in [9.17, 15) is 27.9 Å². The van der Waals surface area contributed by atoms with E-state index in [-0.39, 0.29) is 22.4 Å². The molecule has 1 amide bonds. The number of halogens is 3. The lowest BCUT2D eigenvalue weighted by atomic mass is 9.94. The molecule has 1 fully saturated rings. The molecule has 3 heterocycles. The van der Waals surface area contributed by atoms with E-state index in [1.807, 2.05) is 6.07 Å². The van der Waals surface area contributed by atoms with Gasteiger partial charge in [0.15, 0.2) is 0 Å². The molecule has 11 heteroatoms. The molecule has 0 saturated carbocycles. The number of morpholine rings is 1. The molecule has 0 spiro atoms. The van der Waals surface area contributed by atoms with Crippen molar-refractivity contribution in [2.75, 3.05) is 51.4 Å². The lowest BCUT2D eigenvalue weighted by Crippen LogP contribution is -2.40. The minimum absolute atomic E-state index is 0.0227. The number of H-pyrrole nitrogens is 1. The Labute approximate surface area is 264 Å². The third-order valence-electron chi connectivity index (χ3n) is 8.92. The van der Waals surface area contributed by atoms with Gasteiger partial charge < -0.3 is 29.4 Å². The van der Waals surface area contributed by atoms with Crippen molar-refractivity contribution >= 4 is 28.5 Å². The first kappa shape index (κ1) is 31.5. The second kappa shape index (κ2) is 13.1. The van der Waals surface area contributed by atoms with Crippen molar-refractivity contribution in [1.82, 2.24) is 9.88 Å². The molecule has 242 valence electrons. The average molecular weight is 636 g/mol. The number of para-hydroxylation sites is 1. The smallest absolute Gasteiger partial charge is 0.417 e. The van der Waals surface area contributed by atoms with Crippen LogP contribution in [0.25, 0.3) is 22.0 Å². The highest BCUT2D eigenvalue weighted by Crippen LogP contribution is 2.41. The number of rotatable bonds is 9. The van der Waals surface area contributed by atoms with E-state index in [1.54, 1.807) is 25.3 Å². The molecule has 0 bridgehead atoms. The van der Waals surface area contributed by atoms with Gasteiger partial charge in [0, 0.05) is 48.4 Å². The zero-order valence-electron chi connectivity index (χ0n) is 25.6. The monoisotopic (exact) mass is 635 g/mol. The zero-order valence-corrected chi connectivity index (χ0v) is 25.6. The molecule has 6 rings (SSSR count). The predicted octanol–water partition coefficient (Wildman–Crippen LogP) is 6.81. The summed E-state index contributed by atoms with van der Waals surface area (Å²) in [5.41, 5.74) is 2.40. The number of aromatic amines is 1. The molecule has 2 aliphatic heterocycles. The summed E-state index contributed by atoms with van der Waals surface area (Å²) in [5, 5.41) is 10.6. The number of aromatic carboxylic acids is 1. The number of aromatic nitrogens is 1. The maximum atomic E-state index is 14.5. The number of ether oxygens (including phenoxy) is 2. The number of carbonyl (C=O) groups is 2. The van der Waals surface area contributed by atoms with Gasteiger partial charge in [-0.1, -0.05) is 24.3 Å². The van der Waals surface area contributed by atoms with Gasteiger partial charge in [0.25, 0.3) is 5.91 Å². The fourth-order valence-electron chi connectivity index (χ4n) is 6.65. The highest BCUT2D eigenvalue weighted by molar-refractivity contribution is 6.04. The van der Waals surface area contributed by atoms with Gasteiger partial charge in [-0.2, -0.15) is 13.2 Å². The molecule has 0 atom stereocenters. The van der Waals surface area contributed by atoms with E-state index in [2.05, 4.69) is 22.0 Å². The molecule has 3 aromatic carbocycles. The number of anilines is 1. The van der Waals surface area contributed by atoms with Gasteiger partial charge in [0.1, 0.15) is 11.4 Å². The Kier molecular flexibility index (Phi) is 8.95. The number of methoxy groups -OCH3 is 1.